The van der Waals surface area contributed by atoms with Gasteiger partial charge in [0.05, 0.1) is 12.6 Å². The Morgan fingerprint density at radius 1 is 1.21 bits per heavy atom. The van der Waals surface area contributed by atoms with E-state index in [2.05, 4.69) is 10.3 Å². The molecule has 3 aromatic rings. The van der Waals surface area contributed by atoms with E-state index in [0.29, 0.717) is 10.6 Å². The van der Waals surface area contributed by atoms with E-state index >= 15 is 0 Å². The number of nitrogens with one attached hydrogen (secondary N) is 1. The topological polar surface area (TPSA) is 77.2 Å². The van der Waals surface area contributed by atoms with Gasteiger partial charge < -0.3 is 10.1 Å². The zero-order valence-corrected chi connectivity index (χ0v) is 16.6. The van der Waals surface area contributed by atoms with Crippen molar-refractivity contribution in [1.29, 1.82) is 0 Å². The predicted octanol–water partition coefficient (Wildman–Crippen LogP) is 4.74. The Morgan fingerprint density at radius 3 is 2.72 bits per heavy atom. The highest BCUT2D eigenvalue weighted by Crippen LogP contribution is 2.25. The van der Waals surface area contributed by atoms with Crippen LogP contribution in [0.25, 0.3) is 0 Å². The van der Waals surface area contributed by atoms with Crippen molar-refractivity contribution in [3.63, 3.8) is 0 Å². The molecular formula is C20H16ClF2N3O2S. The molecule has 1 amide bonds. The SMILES string of the molecule is NSc1cc(NC(=O)Cc2c(F)cccc2Cl)ccc1COc1ccc(F)cn1. The average molecular weight is 436 g/mol. The summed E-state index contributed by atoms with van der Waals surface area (Å²) in [5.41, 5.74) is 1.40. The molecule has 0 atom stereocenters. The van der Waals surface area contributed by atoms with Crippen LogP contribution in [-0.4, -0.2) is 10.9 Å². The van der Waals surface area contributed by atoms with Gasteiger partial charge in [-0.05, 0) is 42.3 Å². The number of benzene rings is 2. The van der Waals surface area contributed by atoms with Crippen LogP contribution < -0.4 is 15.2 Å². The van der Waals surface area contributed by atoms with Crippen molar-refractivity contribution in [3.8, 4) is 5.88 Å². The number of carbonyl (C=O) groups is 1. The summed E-state index contributed by atoms with van der Waals surface area (Å²) < 4.78 is 32.3. The second kappa shape index (κ2) is 9.69. The number of carbonyl (C=O) groups excluding carboxylic acids is 1. The molecule has 1 heterocycles. The van der Waals surface area contributed by atoms with Crippen molar-refractivity contribution >= 4 is 35.1 Å². The lowest BCUT2D eigenvalue weighted by molar-refractivity contribution is -0.115. The second-order valence-corrected chi connectivity index (χ2v) is 7.05. The Bertz CT molecular complexity index is 999. The number of ether oxygens (including phenoxy) is 1. The lowest BCUT2D eigenvalue weighted by Gasteiger charge is -2.12. The van der Waals surface area contributed by atoms with Gasteiger partial charge >= 0.3 is 0 Å². The first kappa shape index (κ1) is 21.0. The molecule has 0 aliphatic rings. The van der Waals surface area contributed by atoms with Gasteiger partial charge in [0.15, 0.2) is 0 Å². The highest BCUT2D eigenvalue weighted by atomic mass is 35.5. The molecule has 0 aliphatic heterocycles. The zero-order valence-electron chi connectivity index (χ0n) is 15.0. The van der Waals surface area contributed by atoms with Crippen LogP contribution in [0.2, 0.25) is 5.02 Å². The third kappa shape index (κ3) is 5.66. The highest BCUT2D eigenvalue weighted by molar-refractivity contribution is 7.97. The summed E-state index contributed by atoms with van der Waals surface area (Å²) in [6, 6.07) is 12.0. The Labute approximate surface area is 175 Å². The summed E-state index contributed by atoms with van der Waals surface area (Å²) in [6.45, 7) is 0.164. The lowest BCUT2D eigenvalue weighted by Crippen LogP contribution is -2.15. The van der Waals surface area contributed by atoms with E-state index in [9.17, 15) is 13.6 Å². The number of halogens is 3. The number of amides is 1. The van der Waals surface area contributed by atoms with Crippen molar-refractivity contribution in [1.82, 2.24) is 4.98 Å². The maximum atomic E-state index is 13.8. The van der Waals surface area contributed by atoms with Gasteiger partial charge in [0.2, 0.25) is 11.8 Å². The van der Waals surface area contributed by atoms with Gasteiger partial charge in [0, 0.05) is 32.8 Å². The number of nitrogens with zero attached hydrogens (tertiary/aromatic N) is 1. The maximum absolute atomic E-state index is 13.8. The van der Waals surface area contributed by atoms with E-state index in [1.165, 1.54) is 30.3 Å². The number of rotatable bonds is 7. The van der Waals surface area contributed by atoms with E-state index in [0.717, 1.165) is 23.7 Å². The minimum absolute atomic E-state index is 0.136. The third-order valence-electron chi connectivity index (χ3n) is 3.95. The molecule has 0 saturated carbocycles. The summed E-state index contributed by atoms with van der Waals surface area (Å²) in [5.74, 6) is -1.12. The standard InChI is InChI=1S/C20H16ClF2N3O2S/c21-16-2-1-3-17(23)15(16)9-19(27)26-14-6-4-12(18(8-14)29-24)11-28-20-7-5-13(22)10-25-20/h1-8,10H,9,11,24H2,(H,26,27). The fraction of sp³-hybridized carbons (Fsp3) is 0.100. The molecule has 0 saturated heterocycles. The fourth-order valence-corrected chi connectivity index (χ4v) is 3.23. The molecule has 5 nitrogen and oxygen atoms in total. The molecule has 0 unspecified atom stereocenters. The van der Waals surface area contributed by atoms with E-state index in [1.54, 1.807) is 18.2 Å². The Hall–Kier alpha value is -2.68. The van der Waals surface area contributed by atoms with Crippen molar-refractivity contribution < 1.29 is 18.3 Å². The van der Waals surface area contributed by atoms with E-state index < -0.39 is 17.5 Å². The van der Waals surface area contributed by atoms with Crippen LogP contribution >= 0.6 is 23.5 Å². The van der Waals surface area contributed by atoms with Gasteiger partial charge in [-0.2, -0.15) is 0 Å². The molecule has 2 aromatic carbocycles. The Balaban J connectivity index is 1.66. The van der Waals surface area contributed by atoms with Gasteiger partial charge in [-0.25, -0.2) is 13.8 Å². The molecule has 3 N–H and O–H groups in total. The van der Waals surface area contributed by atoms with Crippen LogP contribution in [0, 0.1) is 11.6 Å². The third-order valence-corrected chi connectivity index (χ3v) is 4.94. The summed E-state index contributed by atoms with van der Waals surface area (Å²) in [4.78, 5) is 16.8. The van der Waals surface area contributed by atoms with Crippen molar-refractivity contribution in [2.45, 2.75) is 17.9 Å². The molecule has 0 fully saturated rings. The Morgan fingerprint density at radius 2 is 2.03 bits per heavy atom. The molecule has 150 valence electrons. The summed E-state index contributed by atoms with van der Waals surface area (Å²) in [5, 5.41) is 8.61. The molecule has 0 aliphatic carbocycles. The molecular weight excluding hydrogens is 420 g/mol. The smallest absolute Gasteiger partial charge is 0.228 e. The molecule has 0 spiro atoms. The molecule has 9 heteroatoms. The van der Waals surface area contributed by atoms with Crippen molar-refractivity contribution in [2.75, 3.05) is 5.32 Å². The molecule has 0 bridgehead atoms. The first-order valence-electron chi connectivity index (χ1n) is 8.43. The number of hydrogen-bond acceptors (Lipinski definition) is 5. The van der Waals surface area contributed by atoms with E-state index in [1.807, 2.05) is 0 Å². The first-order valence-corrected chi connectivity index (χ1v) is 9.69. The number of pyridine rings is 1. The Kier molecular flexibility index (Phi) is 7.03. The number of anilines is 1. The minimum Gasteiger partial charge on any atom is -0.473 e. The van der Waals surface area contributed by atoms with Crippen LogP contribution in [0.4, 0.5) is 14.5 Å². The second-order valence-electron chi connectivity index (χ2n) is 5.97. The lowest BCUT2D eigenvalue weighted by atomic mass is 10.1. The van der Waals surface area contributed by atoms with Gasteiger partial charge in [-0.1, -0.05) is 23.7 Å². The number of aromatic nitrogens is 1. The molecule has 3 rings (SSSR count). The van der Waals surface area contributed by atoms with Gasteiger partial charge in [-0.3, -0.25) is 9.93 Å². The van der Waals surface area contributed by atoms with Crippen LogP contribution in [0.1, 0.15) is 11.1 Å². The van der Waals surface area contributed by atoms with Crippen LogP contribution in [0.5, 0.6) is 5.88 Å². The number of nitrogens with two attached hydrogens (primary N) is 1. The summed E-state index contributed by atoms with van der Waals surface area (Å²) in [7, 11) is 0. The van der Waals surface area contributed by atoms with Gasteiger partial charge in [-0.15, -0.1) is 0 Å². The molecule has 1 aromatic heterocycles. The van der Waals surface area contributed by atoms with Crippen LogP contribution in [0.15, 0.2) is 59.6 Å². The van der Waals surface area contributed by atoms with Crippen LogP contribution in [0.3, 0.4) is 0 Å². The maximum Gasteiger partial charge on any atom is 0.228 e. The summed E-state index contributed by atoms with van der Waals surface area (Å²) >= 11 is 6.95. The van der Waals surface area contributed by atoms with Crippen molar-refractivity contribution in [3.05, 3.63) is 82.5 Å². The monoisotopic (exact) mass is 435 g/mol. The van der Waals surface area contributed by atoms with Gasteiger partial charge in [0.25, 0.3) is 0 Å². The van der Waals surface area contributed by atoms with E-state index in [-0.39, 0.29) is 29.5 Å². The average Bonchev–Trinajstić information content (AvgIpc) is 2.71. The first-order chi connectivity index (χ1) is 14.0. The highest BCUT2D eigenvalue weighted by Gasteiger charge is 2.13. The predicted molar refractivity (Wildman–Crippen MR) is 109 cm³/mol. The molecule has 29 heavy (non-hydrogen) atoms. The zero-order chi connectivity index (χ0) is 20.8. The largest absolute Gasteiger partial charge is 0.473 e. The fourth-order valence-electron chi connectivity index (χ4n) is 2.53. The van der Waals surface area contributed by atoms with Crippen LogP contribution in [-0.2, 0) is 17.8 Å². The quantitative estimate of drug-likeness (QED) is 0.524. The summed E-state index contributed by atoms with van der Waals surface area (Å²) in [6.07, 6.45) is 0.867. The minimum atomic E-state index is -0.534. The van der Waals surface area contributed by atoms with Crippen molar-refractivity contribution in [2.24, 2.45) is 5.14 Å². The number of hydrogen-bond donors (Lipinski definition) is 2. The van der Waals surface area contributed by atoms with Gasteiger partial charge in [0.1, 0.15) is 18.2 Å². The normalized spacial score (nSPS) is 10.6. The molecule has 0 radical (unpaired) electrons. The van der Waals surface area contributed by atoms with E-state index in [4.69, 9.17) is 21.5 Å².